The summed E-state index contributed by atoms with van der Waals surface area (Å²) in [6.45, 7) is 4.95. The Bertz CT molecular complexity index is 1020. The second kappa shape index (κ2) is 7.81. The first-order valence-electron chi connectivity index (χ1n) is 10.4. The van der Waals surface area contributed by atoms with Crippen molar-refractivity contribution in [2.75, 3.05) is 33.4 Å². The summed E-state index contributed by atoms with van der Waals surface area (Å²) < 4.78 is 18.7. The standard InChI is InChI=1S/C21H26N4O4S/c1-3-16-22-20-25(23-16)19(26)18(30-20)17(14-4-6-15(27-2)7-5-14)24-10-8-21(9-11-24)28-12-13-29-21/h4-7,17,26H,3,8-13H2,1-2H3/t17-/m0/s1. The summed E-state index contributed by atoms with van der Waals surface area (Å²) in [7, 11) is 1.66. The molecular formula is C21H26N4O4S. The van der Waals surface area contributed by atoms with Crippen molar-refractivity contribution in [2.45, 2.75) is 38.0 Å². The Hall–Kier alpha value is -2.20. The number of likely N-dealkylation sites (tertiary alicyclic amines) is 1. The highest BCUT2D eigenvalue weighted by Crippen LogP contribution is 2.43. The van der Waals surface area contributed by atoms with Crippen LogP contribution in [0.15, 0.2) is 24.3 Å². The third kappa shape index (κ3) is 3.35. The topological polar surface area (TPSA) is 81.4 Å². The van der Waals surface area contributed by atoms with Crippen LogP contribution in [0.1, 0.15) is 42.1 Å². The minimum atomic E-state index is -0.440. The maximum absolute atomic E-state index is 11.0. The van der Waals surface area contributed by atoms with Crippen LogP contribution in [0.25, 0.3) is 4.96 Å². The maximum atomic E-state index is 11.0. The van der Waals surface area contributed by atoms with E-state index in [2.05, 4.69) is 27.1 Å². The fourth-order valence-corrected chi connectivity index (χ4v) is 5.48. The molecule has 5 rings (SSSR count). The van der Waals surface area contributed by atoms with Crippen LogP contribution < -0.4 is 4.74 Å². The zero-order chi connectivity index (χ0) is 20.7. The molecule has 0 unspecified atom stereocenters. The molecule has 2 aliphatic heterocycles. The van der Waals surface area contributed by atoms with Gasteiger partial charge in [0.1, 0.15) is 5.75 Å². The van der Waals surface area contributed by atoms with Crippen LogP contribution in [-0.2, 0) is 15.9 Å². The summed E-state index contributed by atoms with van der Waals surface area (Å²) >= 11 is 1.49. The second-order valence-electron chi connectivity index (χ2n) is 7.69. The average molecular weight is 431 g/mol. The Balaban J connectivity index is 1.51. The predicted octanol–water partition coefficient (Wildman–Crippen LogP) is 3.00. The number of aryl methyl sites for hydroxylation is 1. The maximum Gasteiger partial charge on any atom is 0.230 e. The number of aromatic nitrogens is 3. The van der Waals surface area contributed by atoms with Crippen LogP contribution in [0.5, 0.6) is 11.6 Å². The predicted molar refractivity (Wildman–Crippen MR) is 112 cm³/mol. The zero-order valence-electron chi connectivity index (χ0n) is 17.2. The van der Waals surface area contributed by atoms with E-state index >= 15 is 0 Å². The van der Waals surface area contributed by atoms with Crippen molar-refractivity contribution in [1.29, 1.82) is 0 Å². The first-order chi connectivity index (χ1) is 14.6. The highest BCUT2D eigenvalue weighted by atomic mass is 32.1. The van der Waals surface area contributed by atoms with Crippen molar-refractivity contribution in [3.63, 3.8) is 0 Å². The molecule has 0 amide bonds. The number of benzene rings is 1. The quantitative estimate of drug-likeness (QED) is 0.666. The molecule has 3 aromatic rings. The average Bonchev–Trinajstić information content (AvgIpc) is 3.48. The number of hydrogen-bond acceptors (Lipinski definition) is 8. The molecule has 1 N–H and O–H groups in total. The van der Waals surface area contributed by atoms with Gasteiger partial charge < -0.3 is 19.3 Å². The van der Waals surface area contributed by atoms with Crippen LogP contribution in [0.4, 0.5) is 0 Å². The highest BCUT2D eigenvalue weighted by molar-refractivity contribution is 7.17. The number of aromatic hydroxyl groups is 1. The molecular weight excluding hydrogens is 404 g/mol. The Morgan fingerprint density at radius 3 is 2.50 bits per heavy atom. The molecule has 8 nitrogen and oxygen atoms in total. The summed E-state index contributed by atoms with van der Waals surface area (Å²) in [6.07, 6.45) is 2.35. The van der Waals surface area contributed by atoms with E-state index in [0.29, 0.717) is 18.2 Å². The smallest absolute Gasteiger partial charge is 0.230 e. The molecule has 2 fully saturated rings. The van der Waals surface area contributed by atoms with E-state index < -0.39 is 5.79 Å². The summed E-state index contributed by atoms with van der Waals surface area (Å²) in [5.41, 5.74) is 1.09. The number of thiazole rings is 1. The zero-order valence-corrected chi connectivity index (χ0v) is 18.0. The first-order valence-corrected chi connectivity index (χ1v) is 11.2. The Morgan fingerprint density at radius 1 is 1.20 bits per heavy atom. The number of hydrogen-bond donors (Lipinski definition) is 1. The Labute approximate surface area is 179 Å². The summed E-state index contributed by atoms with van der Waals surface area (Å²) in [4.78, 5) is 8.50. The van der Waals surface area contributed by atoms with E-state index in [1.165, 1.54) is 11.3 Å². The molecule has 2 aliphatic rings. The molecule has 4 heterocycles. The van der Waals surface area contributed by atoms with E-state index in [1.54, 1.807) is 11.6 Å². The number of piperidine rings is 1. The van der Waals surface area contributed by atoms with E-state index in [0.717, 1.165) is 54.4 Å². The van der Waals surface area contributed by atoms with Gasteiger partial charge in [0, 0.05) is 32.4 Å². The van der Waals surface area contributed by atoms with Gasteiger partial charge in [0.2, 0.25) is 10.8 Å². The van der Waals surface area contributed by atoms with Crippen molar-refractivity contribution in [3.05, 3.63) is 40.5 Å². The van der Waals surface area contributed by atoms with Crippen LogP contribution in [0.2, 0.25) is 0 Å². The lowest BCUT2D eigenvalue weighted by molar-refractivity contribution is -0.187. The van der Waals surface area contributed by atoms with Crippen molar-refractivity contribution in [3.8, 4) is 11.6 Å². The van der Waals surface area contributed by atoms with Crippen molar-refractivity contribution >= 4 is 16.3 Å². The summed E-state index contributed by atoms with van der Waals surface area (Å²) in [5.74, 6) is 1.27. The molecule has 1 aromatic carbocycles. The van der Waals surface area contributed by atoms with Gasteiger partial charge in [-0.3, -0.25) is 4.90 Å². The number of rotatable bonds is 5. The molecule has 0 bridgehead atoms. The number of nitrogens with zero attached hydrogens (tertiary/aromatic N) is 4. The van der Waals surface area contributed by atoms with Crippen LogP contribution >= 0.6 is 11.3 Å². The summed E-state index contributed by atoms with van der Waals surface area (Å²) in [6, 6.07) is 7.93. The third-order valence-electron chi connectivity index (χ3n) is 5.98. The SMILES string of the molecule is CCc1nc2sc([C@H](c3ccc(OC)cc3)N3CCC4(CC3)OCCO4)c(O)n2n1. The minimum absolute atomic E-state index is 0.103. The fraction of sp³-hybridized carbons (Fsp3) is 0.524. The Kier molecular flexibility index (Phi) is 5.14. The normalized spacial score (nSPS) is 20.2. The van der Waals surface area contributed by atoms with Gasteiger partial charge in [0.05, 0.1) is 31.2 Å². The van der Waals surface area contributed by atoms with Crippen LogP contribution in [0, 0.1) is 0 Å². The molecule has 2 saturated heterocycles. The van der Waals surface area contributed by atoms with Crippen molar-refractivity contribution in [1.82, 2.24) is 19.5 Å². The molecule has 160 valence electrons. The third-order valence-corrected chi connectivity index (χ3v) is 7.05. The molecule has 0 radical (unpaired) electrons. The largest absolute Gasteiger partial charge is 0.497 e. The van der Waals surface area contributed by atoms with Gasteiger partial charge in [-0.15, -0.1) is 5.10 Å². The Morgan fingerprint density at radius 2 is 1.90 bits per heavy atom. The molecule has 1 atom stereocenters. The molecule has 30 heavy (non-hydrogen) atoms. The first kappa shape index (κ1) is 19.7. The van der Waals surface area contributed by atoms with Crippen molar-refractivity contribution in [2.24, 2.45) is 0 Å². The summed E-state index contributed by atoms with van der Waals surface area (Å²) in [5, 5.41) is 15.5. The van der Waals surface area contributed by atoms with Gasteiger partial charge in [-0.25, -0.2) is 4.98 Å². The van der Waals surface area contributed by atoms with Gasteiger partial charge in [0.15, 0.2) is 11.6 Å². The van der Waals surface area contributed by atoms with Gasteiger partial charge >= 0.3 is 0 Å². The molecule has 0 saturated carbocycles. The lowest BCUT2D eigenvalue weighted by atomic mass is 9.97. The van der Waals surface area contributed by atoms with Gasteiger partial charge in [0.25, 0.3) is 0 Å². The molecule has 9 heteroatoms. The van der Waals surface area contributed by atoms with Crippen molar-refractivity contribution < 1.29 is 19.3 Å². The van der Waals surface area contributed by atoms with E-state index in [9.17, 15) is 5.11 Å². The van der Waals surface area contributed by atoms with E-state index in [1.807, 2.05) is 19.1 Å². The lowest BCUT2D eigenvalue weighted by Gasteiger charge is -2.41. The van der Waals surface area contributed by atoms with Crippen LogP contribution in [0.3, 0.4) is 0 Å². The molecule has 1 spiro atoms. The lowest BCUT2D eigenvalue weighted by Crippen LogP contribution is -2.46. The number of methoxy groups -OCH3 is 1. The minimum Gasteiger partial charge on any atom is -0.497 e. The van der Waals surface area contributed by atoms with Crippen LogP contribution in [-0.4, -0.2) is 63.8 Å². The van der Waals surface area contributed by atoms with Gasteiger partial charge in [-0.2, -0.15) is 4.52 Å². The number of fused-ring (bicyclic) bond motifs is 1. The van der Waals surface area contributed by atoms with Gasteiger partial charge in [-0.1, -0.05) is 30.4 Å². The van der Waals surface area contributed by atoms with Gasteiger partial charge in [-0.05, 0) is 17.7 Å². The fourth-order valence-electron chi connectivity index (χ4n) is 4.34. The monoisotopic (exact) mass is 430 g/mol. The second-order valence-corrected chi connectivity index (χ2v) is 8.69. The number of ether oxygens (including phenoxy) is 3. The molecule has 2 aromatic heterocycles. The van der Waals surface area contributed by atoms with E-state index in [4.69, 9.17) is 14.2 Å². The highest BCUT2D eigenvalue weighted by Gasteiger charge is 2.42. The molecule has 0 aliphatic carbocycles. The van der Waals surface area contributed by atoms with E-state index in [-0.39, 0.29) is 11.9 Å².